The van der Waals surface area contributed by atoms with Crippen LogP contribution in [0.25, 0.3) is 0 Å². The number of rotatable bonds is 2. The molecule has 4 aliphatic heterocycles. The summed E-state index contributed by atoms with van der Waals surface area (Å²) < 4.78 is 5.63. The van der Waals surface area contributed by atoms with Crippen molar-refractivity contribution in [1.29, 1.82) is 0 Å². The van der Waals surface area contributed by atoms with Crippen LogP contribution in [0.2, 0.25) is 0 Å². The maximum absolute atomic E-state index is 13.0. The van der Waals surface area contributed by atoms with E-state index in [1.165, 1.54) is 6.42 Å². The first-order valence-electron chi connectivity index (χ1n) is 10.6. The van der Waals surface area contributed by atoms with E-state index in [0.29, 0.717) is 29.9 Å². The van der Waals surface area contributed by atoms with Crippen molar-refractivity contribution in [1.82, 2.24) is 9.80 Å². The highest BCUT2D eigenvalue weighted by molar-refractivity contribution is 5.90. The fraction of sp³-hybridized carbons (Fsp3) is 0.636. The minimum absolute atomic E-state index is 0.0617. The average Bonchev–Trinajstić information content (AvgIpc) is 2.73. The summed E-state index contributed by atoms with van der Waals surface area (Å²) >= 11 is 0. The molecule has 2 unspecified atom stereocenters. The molecular weight excluding hydrogens is 356 g/mol. The summed E-state index contributed by atoms with van der Waals surface area (Å²) in [5.74, 6) is 0.197. The van der Waals surface area contributed by atoms with E-state index < -0.39 is 18.2 Å². The van der Waals surface area contributed by atoms with Gasteiger partial charge in [0.1, 0.15) is 6.10 Å². The number of benzene rings is 1. The van der Waals surface area contributed by atoms with Gasteiger partial charge in [-0.2, -0.15) is 0 Å². The largest absolute Gasteiger partial charge is 0.455 e. The molecule has 0 spiro atoms. The van der Waals surface area contributed by atoms with Gasteiger partial charge in [-0.1, -0.05) is 18.2 Å². The fourth-order valence-electron chi connectivity index (χ4n) is 6.14. The third-order valence-corrected chi connectivity index (χ3v) is 7.30. The lowest BCUT2D eigenvalue weighted by atomic mass is 9.67. The van der Waals surface area contributed by atoms with Crippen molar-refractivity contribution < 1.29 is 19.4 Å². The lowest BCUT2D eigenvalue weighted by Crippen LogP contribution is -2.70. The summed E-state index contributed by atoms with van der Waals surface area (Å²) in [6, 6.07) is 9.38. The van der Waals surface area contributed by atoms with Gasteiger partial charge in [0, 0.05) is 25.0 Å². The molecule has 5 rings (SSSR count). The second kappa shape index (κ2) is 7.16. The number of carbonyl (C=O) groups is 2. The van der Waals surface area contributed by atoms with Gasteiger partial charge in [-0.15, -0.1) is 0 Å². The number of hydrogen-bond acceptors (Lipinski definition) is 5. The number of carbonyl (C=O) groups excluding carboxylic acids is 2. The Hall–Kier alpha value is -1.92. The van der Waals surface area contributed by atoms with Crippen molar-refractivity contribution >= 4 is 11.9 Å². The Kier molecular flexibility index (Phi) is 4.63. The lowest BCUT2D eigenvalue weighted by Gasteiger charge is -2.59. The molecule has 4 saturated heterocycles. The van der Waals surface area contributed by atoms with Crippen LogP contribution in [0.1, 0.15) is 42.5 Å². The van der Waals surface area contributed by atoms with E-state index >= 15 is 0 Å². The van der Waals surface area contributed by atoms with Crippen LogP contribution in [0.5, 0.6) is 0 Å². The third kappa shape index (κ3) is 2.94. The van der Waals surface area contributed by atoms with E-state index in [4.69, 9.17) is 4.74 Å². The number of aliphatic hydroxyl groups excluding tert-OH is 1. The zero-order valence-electron chi connectivity index (χ0n) is 16.1. The lowest BCUT2D eigenvalue weighted by molar-refractivity contribution is -0.175. The topological polar surface area (TPSA) is 70.1 Å². The highest BCUT2D eigenvalue weighted by Gasteiger charge is 2.54. The number of nitrogens with zero attached hydrogens (tertiary/aromatic N) is 2. The molecule has 1 aromatic carbocycles. The van der Waals surface area contributed by atoms with Crippen LogP contribution in [0.4, 0.5) is 0 Å². The molecule has 0 saturated carbocycles. The SMILES string of the molecule is O=C(OC1C[C@@H]2[C@H]3CCCN4CCC[C@@H](CN2C(=O)C1O)[C@@H]34)c1ccccc1. The smallest absolute Gasteiger partial charge is 0.338 e. The van der Waals surface area contributed by atoms with Crippen LogP contribution in [0, 0.1) is 11.8 Å². The number of esters is 1. The van der Waals surface area contributed by atoms with E-state index in [2.05, 4.69) is 4.90 Å². The third-order valence-electron chi connectivity index (χ3n) is 7.30. The molecule has 6 nitrogen and oxygen atoms in total. The molecule has 4 heterocycles. The maximum Gasteiger partial charge on any atom is 0.338 e. The van der Waals surface area contributed by atoms with Crippen LogP contribution >= 0.6 is 0 Å². The van der Waals surface area contributed by atoms with E-state index in [0.717, 1.165) is 38.9 Å². The van der Waals surface area contributed by atoms with Crippen molar-refractivity contribution in [3.05, 3.63) is 35.9 Å². The Morgan fingerprint density at radius 1 is 1.11 bits per heavy atom. The quantitative estimate of drug-likeness (QED) is 0.786. The first-order chi connectivity index (χ1) is 13.6. The number of hydrogen-bond donors (Lipinski definition) is 1. The van der Waals surface area contributed by atoms with E-state index in [-0.39, 0.29) is 11.9 Å². The molecule has 0 bridgehead atoms. The molecule has 6 heteroatoms. The molecule has 1 amide bonds. The molecule has 4 fully saturated rings. The Morgan fingerprint density at radius 2 is 1.86 bits per heavy atom. The van der Waals surface area contributed by atoms with Gasteiger partial charge in [-0.05, 0) is 62.7 Å². The Balaban J connectivity index is 1.37. The molecule has 0 radical (unpaired) electrons. The van der Waals surface area contributed by atoms with E-state index in [1.54, 1.807) is 24.3 Å². The van der Waals surface area contributed by atoms with Crippen molar-refractivity contribution in [3.63, 3.8) is 0 Å². The van der Waals surface area contributed by atoms with Gasteiger partial charge in [0.05, 0.1) is 5.56 Å². The summed E-state index contributed by atoms with van der Waals surface area (Å²) in [7, 11) is 0. The summed E-state index contributed by atoms with van der Waals surface area (Å²) in [6.07, 6.45) is 3.13. The predicted molar refractivity (Wildman–Crippen MR) is 103 cm³/mol. The van der Waals surface area contributed by atoms with Crippen LogP contribution in [-0.2, 0) is 9.53 Å². The predicted octanol–water partition coefficient (Wildman–Crippen LogP) is 1.68. The van der Waals surface area contributed by atoms with Gasteiger partial charge >= 0.3 is 5.97 Å². The number of fused-ring (bicyclic) bond motifs is 2. The molecule has 6 atom stereocenters. The Bertz CT molecular complexity index is 752. The molecule has 4 aliphatic rings. The molecule has 1 N–H and O–H groups in total. The van der Waals surface area contributed by atoms with Crippen LogP contribution in [0.15, 0.2) is 30.3 Å². The zero-order chi connectivity index (χ0) is 19.3. The van der Waals surface area contributed by atoms with Gasteiger partial charge in [0.15, 0.2) is 6.10 Å². The minimum Gasteiger partial charge on any atom is -0.455 e. The molecule has 28 heavy (non-hydrogen) atoms. The van der Waals surface area contributed by atoms with Gasteiger partial charge < -0.3 is 14.7 Å². The number of amides is 1. The monoisotopic (exact) mass is 384 g/mol. The number of aliphatic hydroxyl groups is 1. The van der Waals surface area contributed by atoms with Gasteiger partial charge in [-0.25, -0.2) is 4.79 Å². The first-order valence-corrected chi connectivity index (χ1v) is 10.6. The fourth-order valence-corrected chi connectivity index (χ4v) is 6.14. The van der Waals surface area contributed by atoms with Crippen molar-refractivity contribution in [2.45, 2.75) is 56.4 Å². The van der Waals surface area contributed by atoms with E-state index in [1.807, 2.05) is 11.0 Å². The zero-order valence-corrected chi connectivity index (χ0v) is 16.1. The average molecular weight is 384 g/mol. The molecule has 1 aromatic rings. The highest BCUT2D eigenvalue weighted by Crippen LogP contribution is 2.45. The summed E-state index contributed by atoms with van der Waals surface area (Å²) in [4.78, 5) is 30.0. The summed E-state index contributed by atoms with van der Waals surface area (Å²) in [5, 5.41) is 10.6. The molecule has 0 aliphatic carbocycles. The maximum atomic E-state index is 13.0. The van der Waals surface area contributed by atoms with Gasteiger partial charge in [0.25, 0.3) is 5.91 Å². The summed E-state index contributed by atoms with van der Waals surface area (Å²) in [5.41, 5.74) is 0.449. The van der Waals surface area contributed by atoms with Crippen LogP contribution < -0.4 is 0 Å². The normalized spacial score (nSPS) is 37.8. The number of ether oxygens (including phenoxy) is 1. The van der Waals surface area contributed by atoms with Gasteiger partial charge in [-0.3, -0.25) is 9.69 Å². The van der Waals surface area contributed by atoms with Gasteiger partial charge in [0.2, 0.25) is 0 Å². The standard InChI is InChI=1S/C22H28N2O4/c25-20-18(28-22(27)14-6-2-1-3-7-14)12-17-16-9-5-11-23-10-4-8-15(19(16)23)13-24(17)21(20)26/h1-3,6-7,15-20,25H,4-5,8-13H2/t15-,16+,17+,18?,19-,20?/m0/s1. The highest BCUT2D eigenvalue weighted by atomic mass is 16.6. The Labute approximate surface area is 165 Å². The second-order valence-corrected chi connectivity index (χ2v) is 8.78. The second-order valence-electron chi connectivity index (χ2n) is 8.78. The van der Waals surface area contributed by atoms with Crippen molar-refractivity contribution in [3.8, 4) is 0 Å². The van der Waals surface area contributed by atoms with Crippen LogP contribution in [0.3, 0.4) is 0 Å². The number of piperidine rings is 4. The molecule has 0 aromatic heterocycles. The van der Waals surface area contributed by atoms with Crippen molar-refractivity contribution in [2.24, 2.45) is 11.8 Å². The van der Waals surface area contributed by atoms with Crippen LogP contribution in [-0.4, -0.2) is 70.7 Å². The molecular formula is C22H28N2O4. The Morgan fingerprint density at radius 3 is 2.64 bits per heavy atom. The van der Waals surface area contributed by atoms with E-state index in [9.17, 15) is 14.7 Å². The summed E-state index contributed by atoms with van der Waals surface area (Å²) in [6.45, 7) is 3.05. The molecule has 150 valence electrons. The minimum atomic E-state index is -1.26. The first kappa shape index (κ1) is 18.1. The van der Waals surface area contributed by atoms with Crippen molar-refractivity contribution in [2.75, 3.05) is 19.6 Å².